The van der Waals surface area contributed by atoms with Gasteiger partial charge in [0.15, 0.2) is 0 Å². The van der Waals surface area contributed by atoms with Crippen molar-refractivity contribution < 1.29 is 4.74 Å². The van der Waals surface area contributed by atoms with E-state index in [1.165, 1.54) is 16.5 Å². The lowest BCUT2D eigenvalue weighted by atomic mass is 10.1. The summed E-state index contributed by atoms with van der Waals surface area (Å²) in [6.45, 7) is 5.35. The lowest BCUT2D eigenvalue weighted by Crippen LogP contribution is -2.05. The molecular formula is C15H22N2O. The van der Waals surface area contributed by atoms with Crippen molar-refractivity contribution in [3.05, 3.63) is 36.0 Å². The molecule has 3 nitrogen and oxygen atoms in total. The van der Waals surface area contributed by atoms with Crippen LogP contribution in [0.3, 0.4) is 0 Å². The summed E-state index contributed by atoms with van der Waals surface area (Å²) in [5, 5.41) is 1.32. The summed E-state index contributed by atoms with van der Waals surface area (Å²) in [7, 11) is 0. The molecule has 2 aromatic rings. The number of benzene rings is 1. The maximum absolute atomic E-state index is 5.67. The van der Waals surface area contributed by atoms with Crippen molar-refractivity contribution >= 4 is 10.9 Å². The number of nitrogens with two attached hydrogens (primary N) is 1. The normalized spacial score (nSPS) is 11.2. The van der Waals surface area contributed by atoms with Gasteiger partial charge in [0.1, 0.15) is 0 Å². The van der Waals surface area contributed by atoms with E-state index in [1.807, 2.05) is 0 Å². The molecule has 0 atom stereocenters. The van der Waals surface area contributed by atoms with Crippen LogP contribution in [0.1, 0.15) is 18.9 Å². The lowest BCUT2D eigenvalue weighted by Gasteiger charge is -2.05. The Hall–Kier alpha value is -1.32. The smallest absolute Gasteiger partial charge is 0.0645 e. The fourth-order valence-corrected chi connectivity index (χ4v) is 2.27. The van der Waals surface area contributed by atoms with E-state index >= 15 is 0 Å². The number of nitrogens with zero attached hydrogens (tertiary/aromatic N) is 1. The molecular weight excluding hydrogens is 224 g/mol. The summed E-state index contributed by atoms with van der Waals surface area (Å²) in [4.78, 5) is 0. The van der Waals surface area contributed by atoms with Gasteiger partial charge in [-0.05, 0) is 31.0 Å². The first kappa shape index (κ1) is 13.1. The van der Waals surface area contributed by atoms with Gasteiger partial charge in [0.25, 0.3) is 0 Å². The highest BCUT2D eigenvalue weighted by atomic mass is 16.5. The second-order valence-corrected chi connectivity index (χ2v) is 4.52. The Morgan fingerprint density at radius 2 is 2.06 bits per heavy atom. The van der Waals surface area contributed by atoms with Gasteiger partial charge >= 0.3 is 0 Å². The molecule has 0 aliphatic carbocycles. The van der Waals surface area contributed by atoms with Gasteiger partial charge in [-0.15, -0.1) is 0 Å². The highest BCUT2D eigenvalue weighted by molar-refractivity contribution is 5.84. The van der Waals surface area contributed by atoms with Gasteiger partial charge in [-0.1, -0.05) is 25.1 Å². The van der Waals surface area contributed by atoms with Crippen molar-refractivity contribution in [1.29, 1.82) is 0 Å². The fourth-order valence-electron chi connectivity index (χ4n) is 2.27. The van der Waals surface area contributed by atoms with Gasteiger partial charge in [-0.2, -0.15) is 0 Å². The van der Waals surface area contributed by atoms with Crippen LogP contribution in [0.5, 0.6) is 0 Å². The van der Waals surface area contributed by atoms with Crippen LogP contribution in [0.15, 0.2) is 30.5 Å². The highest BCUT2D eigenvalue weighted by Gasteiger charge is 2.06. The summed E-state index contributed by atoms with van der Waals surface area (Å²) in [6.07, 6.45) is 4.22. The molecule has 0 bridgehead atoms. The molecule has 0 saturated heterocycles. The number of hydrogen-bond donors (Lipinski definition) is 1. The molecule has 0 radical (unpaired) electrons. The predicted octanol–water partition coefficient (Wildman–Crippen LogP) is 2.57. The quantitative estimate of drug-likeness (QED) is 0.763. The predicted molar refractivity (Wildman–Crippen MR) is 75.8 cm³/mol. The second-order valence-electron chi connectivity index (χ2n) is 4.52. The van der Waals surface area contributed by atoms with Crippen LogP contribution in [0.25, 0.3) is 10.9 Å². The van der Waals surface area contributed by atoms with Crippen molar-refractivity contribution in [2.45, 2.75) is 26.3 Å². The standard InChI is InChI=1S/C15H22N2O/c1-2-10-18-11-9-17-12-13(7-8-16)14-5-3-4-6-15(14)17/h3-6,12H,2,7-11,16H2,1H3. The largest absolute Gasteiger partial charge is 0.380 e. The van der Waals surface area contributed by atoms with Gasteiger partial charge in [0.05, 0.1) is 6.61 Å². The van der Waals surface area contributed by atoms with Crippen LogP contribution in [-0.2, 0) is 17.7 Å². The summed E-state index contributed by atoms with van der Waals surface area (Å²) in [6, 6.07) is 8.50. The Bertz CT molecular complexity index is 490. The summed E-state index contributed by atoms with van der Waals surface area (Å²) in [5.74, 6) is 0. The third-order valence-corrected chi connectivity index (χ3v) is 3.11. The van der Waals surface area contributed by atoms with E-state index in [1.54, 1.807) is 0 Å². The topological polar surface area (TPSA) is 40.2 Å². The summed E-state index contributed by atoms with van der Waals surface area (Å²) in [5.41, 5.74) is 8.28. The van der Waals surface area contributed by atoms with Gasteiger partial charge in [0.2, 0.25) is 0 Å². The van der Waals surface area contributed by atoms with E-state index < -0.39 is 0 Å². The van der Waals surface area contributed by atoms with Crippen LogP contribution in [0.4, 0.5) is 0 Å². The molecule has 0 aliphatic rings. The Labute approximate surface area is 109 Å². The molecule has 3 heteroatoms. The minimum Gasteiger partial charge on any atom is -0.380 e. The highest BCUT2D eigenvalue weighted by Crippen LogP contribution is 2.21. The van der Waals surface area contributed by atoms with Crippen molar-refractivity contribution in [3.8, 4) is 0 Å². The molecule has 0 fully saturated rings. The number of aromatic nitrogens is 1. The van der Waals surface area contributed by atoms with E-state index in [0.717, 1.165) is 32.6 Å². The lowest BCUT2D eigenvalue weighted by molar-refractivity contribution is 0.127. The van der Waals surface area contributed by atoms with Crippen LogP contribution in [-0.4, -0.2) is 24.3 Å². The van der Waals surface area contributed by atoms with E-state index in [-0.39, 0.29) is 0 Å². The maximum Gasteiger partial charge on any atom is 0.0645 e. The first-order valence-corrected chi connectivity index (χ1v) is 6.71. The van der Waals surface area contributed by atoms with E-state index in [0.29, 0.717) is 6.54 Å². The van der Waals surface area contributed by atoms with Gasteiger partial charge in [-0.3, -0.25) is 0 Å². The number of fused-ring (bicyclic) bond motifs is 1. The van der Waals surface area contributed by atoms with Crippen molar-refractivity contribution in [2.24, 2.45) is 5.73 Å². The zero-order chi connectivity index (χ0) is 12.8. The van der Waals surface area contributed by atoms with Crippen LogP contribution in [0.2, 0.25) is 0 Å². The first-order chi connectivity index (χ1) is 8.86. The second kappa shape index (κ2) is 6.57. The third-order valence-electron chi connectivity index (χ3n) is 3.11. The molecule has 1 heterocycles. The Kier molecular flexibility index (Phi) is 4.79. The average Bonchev–Trinajstić information content (AvgIpc) is 2.74. The van der Waals surface area contributed by atoms with Gasteiger partial charge in [-0.25, -0.2) is 0 Å². The van der Waals surface area contributed by atoms with E-state index in [2.05, 4.69) is 42.0 Å². The minimum atomic E-state index is 0.695. The molecule has 0 aliphatic heterocycles. The molecule has 1 aromatic carbocycles. The van der Waals surface area contributed by atoms with Crippen molar-refractivity contribution in [3.63, 3.8) is 0 Å². The molecule has 98 valence electrons. The maximum atomic E-state index is 5.67. The van der Waals surface area contributed by atoms with Crippen LogP contribution >= 0.6 is 0 Å². The Morgan fingerprint density at radius 1 is 1.22 bits per heavy atom. The molecule has 2 rings (SSSR count). The monoisotopic (exact) mass is 246 g/mol. The average molecular weight is 246 g/mol. The molecule has 0 spiro atoms. The van der Waals surface area contributed by atoms with Crippen LogP contribution in [0, 0.1) is 0 Å². The summed E-state index contributed by atoms with van der Waals surface area (Å²) >= 11 is 0. The zero-order valence-corrected chi connectivity index (χ0v) is 11.1. The number of rotatable bonds is 7. The Morgan fingerprint density at radius 3 is 2.83 bits per heavy atom. The zero-order valence-electron chi connectivity index (χ0n) is 11.1. The number of para-hydroxylation sites is 1. The minimum absolute atomic E-state index is 0.695. The Balaban J connectivity index is 2.16. The molecule has 0 unspecified atom stereocenters. The van der Waals surface area contributed by atoms with Crippen molar-refractivity contribution in [1.82, 2.24) is 4.57 Å². The molecule has 2 N–H and O–H groups in total. The molecule has 18 heavy (non-hydrogen) atoms. The molecule has 0 amide bonds. The number of hydrogen-bond acceptors (Lipinski definition) is 2. The van der Waals surface area contributed by atoms with E-state index in [9.17, 15) is 0 Å². The van der Waals surface area contributed by atoms with Crippen LogP contribution < -0.4 is 5.73 Å². The molecule has 0 saturated carbocycles. The summed E-state index contributed by atoms with van der Waals surface area (Å²) < 4.78 is 7.83. The first-order valence-electron chi connectivity index (χ1n) is 6.71. The van der Waals surface area contributed by atoms with Gasteiger partial charge in [0, 0.05) is 30.3 Å². The molecule has 1 aromatic heterocycles. The van der Waals surface area contributed by atoms with Gasteiger partial charge < -0.3 is 15.0 Å². The SMILES string of the molecule is CCCOCCn1cc(CCN)c2ccccc21. The van der Waals surface area contributed by atoms with Crippen molar-refractivity contribution in [2.75, 3.05) is 19.8 Å². The number of ether oxygens (including phenoxy) is 1. The third kappa shape index (κ3) is 2.92. The van der Waals surface area contributed by atoms with E-state index in [4.69, 9.17) is 10.5 Å². The fraction of sp³-hybridized carbons (Fsp3) is 0.467.